The van der Waals surface area contributed by atoms with Gasteiger partial charge in [0.15, 0.2) is 6.61 Å². The molecule has 0 unspecified atom stereocenters. The number of anilines is 1. The fourth-order valence-electron chi connectivity index (χ4n) is 2.32. The minimum Gasteiger partial charge on any atom is -0.482 e. The summed E-state index contributed by atoms with van der Waals surface area (Å²) in [7, 11) is 0. The predicted octanol–water partition coefficient (Wildman–Crippen LogP) is 2.66. The van der Waals surface area contributed by atoms with Gasteiger partial charge in [-0.25, -0.2) is 4.79 Å². The molecule has 0 bridgehead atoms. The second-order valence-electron chi connectivity index (χ2n) is 6.39. The zero-order valence-electron chi connectivity index (χ0n) is 14.2. The van der Waals surface area contributed by atoms with Gasteiger partial charge in [0.25, 0.3) is 5.91 Å². The van der Waals surface area contributed by atoms with E-state index in [-0.39, 0.29) is 11.4 Å². The van der Waals surface area contributed by atoms with Crippen LogP contribution in [0.3, 0.4) is 0 Å². The van der Waals surface area contributed by atoms with E-state index in [1.54, 1.807) is 35.1 Å². The summed E-state index contributed by atoms with van der Waals surface area (Å²) < 4.78 is 6.90. The summed E-state index contributed by atoms with van der Waals surface area (Å²) in [6.45, 7) is 7.45. The van der Waals surface area contributed by atoms with Crippen molar-refractivity contribution in [3.05, 3.63) is 41.7 Å². The van der Waals surface area contributed by atoms with Gasteiger partial charge >= 0.3 is 5.97 Å². The summed E-state index contributed by atoms with van der Waals surface area (Å²) in [4.78, 5) is 23.0. The van der Waals surface area contributed by atoms with Crippen molar-refractivity contribution >= 4 is 17.6 Å². The van der Waals surface area contributed by atoms with Crippen molar-refractivity contribution in [2.24, 2.45) is 0 Å². The van der Waals surface area contributed by atoms with Gasteiger partial charge in [0, 0.05) is 17.4 Å². The van der Waals surface area contributed by atoms with Crippen LogP contribution in [0, 0.1) is 6.92 Å². The van der Waals surface area contributed by atoms with E-state index in [1.807, 2.05) is 27.7 Å². The molecule has 1 aromatic heterocycles. The van der Waals surface area contributed by atoms with Gasteiger partial charge in [-0.3, -0.25) is 9.48 Å². The SMILES string of the molecule is Cc1c(C(=O)Nc2cccc(OCC(=O)O)c2)cnn1C(C)(C)C. The third-order valence-electron chi connectivity index (χ3n) is 3.34. The fourth-order valence-corrected chi connectivity index (χ4v) is 2.32. The number of hydrogen-bond donors (Lipinski definition) is 2. The third-order valence-corrected chi connectivity index (χ3v) is 3.34. The molecular weight excluding hydrogens is 310 g/mol. The smallest absolute Gasteiger partial charge is 0.341 e. The van der Waals surface area contributed by atoms with Gasteiger partial charge in [0.2, 0.25) is 0 Å². The lowest BCUT2D eigenvalue weighted by atomic mass is 10.1. The molecule has 0 aliphatic rings. The van der Waals surface area contributed by atoms with E-state index in [4.69, 9.17) is 9.84 Å². The highest BCUT2D eigenvalue weighted by Crippen LogP contribution is 2.21. The number of aromatic nitrogens is 2. The van der Waals surface area contributed by atoms with Crippen molar-refractivity contribution in [3.8, 4) is 5.75 Å². The van der Waals surface area contributed by atoms with Crippen LogP contribution < -0.4 is 10.1 Å². The molecule has 0 saturated carbocycles. The number of carbonyl (C=O) groups excluding carboxylic acids is 1. The Bertz CT molecular complexity index is 759. The molecule has 2 N–H and O–H groups in total. The van der Waals surface area contributed by atoms with Gasteiger partial charge in [-0.15, -0.1) is 0 Å². The molecule has 0 aliphatic carbocycles. The average molecular weight is 331 g/mol. The van der Waals surface area contributed by atoms with Crippen LogP contribution in [0.15, 0.2) is 30.5 Å². The Balaban J connectivity index is 2.14. The van der Waals surface area contributed by atoms with Crippen LogP contribution in [0.25, 0.3) is 0 Å². The molecule has 0 spiro atoms. The molecule has 2 rings (SSSR count). The number of rotatable bonds is 5. The Kier molecular flexibility index (Phi) is 4.92. The topological polar surface area (TPSA) is 93.4 Å². The predicted molar refractivity (Wildman–Crippen MR) is 89.5 cm³/mol. The van der Waals surface area contributed by atoms with E-state index in [9.17, 15) is 9.59 Å². The van der Waals surface area contributed by atoms with Crippen LogP contribution >= 0.6 is 0 Å². The number of hydrogen-bond acceptors (Lipinski definition) is 4. The Hall–Kier alpha value is -2.83. The highest BCUT2D eigenvalue weighted by atomic mass is 16.5. The lowest BCUT2D eigenvalue weighted by Gasteiger charge is -2.21. The number of carbonyl (C=O) groups is 2. The summed E-state index contributed by atoms with van der Waals surface area (Å²) in [5.74, 6) is -0.967. The largest absolute Gasteiger partial charge is 0.482 e. The van der Waals surface area contributed by atoms with Gasteiger partial charge in [-0.05, 0) is 39.8 Å². The van der Waals surface area contributed by atoms with E-state index in [0.29, 0.717) is 17.0 Å². The highest BCUT2D eigenvalue weighted by molar-refractivity contribution is 6.05. The van der Waals surface area contributed by atoms with Crippen molar-refractivity contribution < 1.29 is 19.4 Å². The molecule has 2 aromatic rings. The quantitative estimate of drug-likeness (QED) is 0.878. The minimum atomic E-state index is -1.06. The normalized spacial score (nSPS) is 11.2. The van der Waals surface area contributed by atoms with Gasteiger partial charge in [0.05, 0.1) is 17.3 Å². The molecule has 0 fully saturated rings. The fraction of sp³-hybridized carbons (Fsp3) is 0.353. The van der Waals surface area contributed by atoms with Crippen LogP contribution in [0.1, 0.15) is 36.8 Å². The summed E-state index contributed by atoms with van der Waals surface area (Å²) >= 11 is 0. The average Bonchev–Trinajstić information content (AvgIpc) is 2.87. The molecule has 128 valence electrons. The number of nitrogens with zero attached hydrogens (tertiary/aromatic N) is 2. The first kappa shape index (κ1) is 17.5. The first-order valence-corrected chi connectivity index (χ1v) is 7.49. The van der Waals surface area contributed by atoms with Crippen LogP contribution in [0.2, 0.25) is 0 Å². The Morgan fingerprint density at radius 1 is 1.33 bits per heavy atom. The molecular formula is C17H21N3O4. The Morgan fingerprint density at radius 2 is 2.04 bits per heavy atom. The van der Waals surface area contributed by atoms with Gasteiger partial charge in [0.1, 0.15) is 5.75 Å². The number of ether oxygens (including phenoxy) is 1. The number of nitrogens with one attached hydrogen (secondary N) is 1. The summed E-state index contributed by atoms with van der Waals surface area (Å²) in [6, 6.07) is 6.58. The van der Waals surface area contributed by atoms with Gasteiger partial charge < -0.3 is 15.2 Å². The molecule has 7 nitrogen and oxygen atoms in total. The molecule has 0 aliphatic heterocycles. The first-order valence-electron chi connectivity index (χ1n) is 7.49. The molecule has 0 saturated heterocycles. The van der Waals surface area contributed by atoms with Crippen LogP contribution in [-0.4, -0.2) is 33.4 Å². The van der Waals surface area contributed by atoms with E-state index >= 15 is 0 Å². The van der Waals surface area contributed by atoms with Crippen molar-refractivity contribution in [1.29, 1.82) is 0 Å². The van der Waals surface area contributed by atoms with Crippen molar-refractivity contribution in [2.45, 2.75) is 33.2 Å². The van der Waals surface area contributed by atoms with Crippen molar-refractivity contribution in [3.63, 3.8) is 0 Å². The number of aliphatic carboxylic acids is 1. The number of carboxylic acids is 1. The maximum absolute atomic E-state index is 12.5. The molecule has 0 radical (unpaired) electrons. The maximum atomic E-state index is 12.5. The molecule has 1 amide bonds. The lowest BCUT2D eigenvalue weighted by molar-refractivity contribution is -0.139. The molecule has 7 heteroatoms. The Morgan fingerprint density at radius 3 is 2.62 bits per heavy atom. The lowest BCUT2D eigenvalue weighted by Crippen LogP contribution is -2.25. The zero-order valence-corrected chi connectivity index (χ0v) is 14.2. The van der Waals surface area contributed by atoms with Crippen molar-refractivity contribution in [2.75, 3.05) is 11.9 Å². The van der Waals surface area contributed by atoms with E-state index in [2.05, 4.69) is 10.4 Å². The van der Waals surface area contributed by atoms with E-state index in [0.717, 1.165) is 5.69 Å². The Labute approximate surface area is 140 Å². The van der Waals surface area contributed by atoms with Crippen LogP contribution in [0.5, 0.6) is 5.75 Å². The number of amides is 1. The molecule has 1 heterocycles. The van der Waals surface area contributed by atoms with E-state index < -0.39 is 12.6 Å². The van der Waals surface area contributed by atoms with Gasteiger partial charge in [-0.2, -0.15) is 5.10 Å². The monoisotopic (exact) mass is 331 g/mol. The summed E-state index contributed by atoms with van der Waals surface area (Å²) in [5, 5.41) is 15.7. The molecule has 24 heavy (non-hydrogen) atoms. The van der Waals surface area contributed by atoms with Crippen molar-refractivity contribution in [1.82, 2.24) is 9.78 Å². The minimum absolute atomic E-state index is 0.215. The third kappa shape index (κ3) is 4.13. The number of carboxylic acid groups (broad SMARTS) is 1. The summed E-state index contributed by atoms with van der Waals surface area (Å²) in [6.07, 6.45) is 1.54. The summed E-state index contributed by atoms with van der Waals surface area (Å²) in [5.41, 5.74) is 1.57. The highest BCUT2D eigenvalue weighted by Gasteiger charge is 2.21. The number of benzene rings is 1. The van der Waals surface area contributed by atoms with E-state index in [1.165, 1.54) is 0 Å². The zero-order chi connectivity index (χ0) is 17.9. The van der Waals surface area contributed by atoms with Gasteiger partial charge in [-0.1, -0.05) is 6.07 Å². The standard InChI is InChI=1S/C17H21N3O4/c1-11-14(9-18-20(11)17(2,3)4)16(23)19-12-6-5-7-13(8-12)24-10-15(21)22/h5-9H,10H2,1-4H3,(H,19,23)(H,21,22). The maximum Gasteiger partial charge on any atom is 0.341 e. The second kappa shape index (κ2) is 6.74. The molecule has 0 atom stereocenters. The second-order valence-corrected chi connectivity index (χ2v) is 6.39. The van der Waals surface area contributed by atoms with Crippen LogP contribution in [-0.2, 0) is 10.3 Å². The van der Waals surface area contributed by atoms with Crippen LogP contribution in [0.4, 0.5) is 5.69 Å². The molecule has 1 aromatic carbocycles. The first-order chi connectivity index (χ1) is 11.2.